The van der Waals surface area contributed by atoms with E-state index in [1.54, 1.807) is 0 Å². The van der Waals surface area contributed by atoms with Crippen LogP contribution in [0.25, 0.3) is 0 Å². The van der Waals surface area contributed by atoms with Gasteiger partial charge in [0, 0.05) is 0 Å². The molecule has 0 bridgehead atoms. The second-order valence-corrected chi connectivity index (χ2v) is 4.05. The molecule has 0 atom stereocenters. The number of aryl methyl sites for hydroxylation is 2. The zero-order chi connectivity index (χ0) is 10.5. The zero-order valence-corrected chi connectivity index (χ0v) is 9.24. The molecular formula is C13H18O2. The lowest BCUT2D eigenvalue weighted by molar-refractivity contribution is -0.0475. The minimum absolute atomic E-state index is 0.0507. The van der Waals surface area contributed by atoms with Crippen molar-refractivity contribution in [1.29, 1.82) is 0 Å². The van der Waals surface area contributed by atoms with Crippen molar-refractivity contribution >= 4 is 0 Å². The third kappa shape index (κ3) is 3.33. The highest BCUT2D eigenvalue weighted by molar-refractivity contribution is 5.22. The highest BCUT2D eigenvalue weighted by Gasteiger charge is 2.14. The fraction of sp³-hybridized carbons (Fsp3) is 0.538. The van der Waals surface area contributed by atoms with Gasteiger partial charge in [0.15, 0.2) is 6.29 Å². The van der Waals surface area contributed by atoms with E-state index in [0.717, 1.165) is 32.5 Å². The summed E-state index contributed by atoms with van der Waals surface area (Å²) in [4.78, 5) is 0. The van der Waals surface area contributed by atoms with Crippen molar-refractivity contribution in [2.24, 2.45) is 0 Å². The Hall–Kier alpha value is -0.860. The van der Waals surface area contributed by atoms with E-state index in [9.17, 15) is 0 Å². The van der Waals surface area contributed by atoms with Crippen molar-refractivity contribution in [2.45, 2.75) is 32.5 Å². The van der Waals surface area contributed by atoms with Gasteiger partial charge in [-0.25, -0.2) is 0 Å². The zero-order valence-electron chi connectivity index (χ0n) is 9.24. The molecule has 2 rings (SSSR count). The predicted octanol–water partition coefficient (Wildman–Crippen LogP) is 2.69. The smallest absolute Gasteiger partial charge is 0.157 e. The lowest BCUT2D eigenvalue weighted by Gasteiger charge is -2.08. The summed E-state index contributed by atoms with van der Waals surface area (Å²) in [5.41, 5.74) is 2.74. The number of benzene rings is 1. The van der Waals surface area contributed by atoms with Crippen molar-refractivity contribution in [2.75, 3.05) is 13.2 Å². The van der Waals surface area contributed by atoms with E-state index in [0.29, 0.717) is 0 Å². The lowest BCUT2D eigenvalue weighted by Crippen LogP contribution is -2.07. The Morgan fingerprint density at radius 2 is 2.07 bits per heavy atom. The molecule has 82 valence electrons. The first-order chi connectivity index (χ1) is 7.34. The monoisotopic (exact) mass is 206 g/mol. The Bertz CT molecular complexity index is 303. The van der Waals surface area contributed by atoms with Crippen LogP contribution in [0.2, 0.25) is 0 Å². The maximum Gasteiger partial charge on any atom is 0.157 e. The molecule has 1 aromatic rings. The SMILES string of the molecule is Cc1cccc(CCCC2OCCO2)c1. The van der Waals surface area contributed by atoms with E-state index in [4.69, 9.17) is 9.47 Å². The number of rotatable bonds is 4. The van der Waals surface area contributed by atoms with Crippen molar-refractivity contribution in [3.63, 3.8) is 0 Å². The minimum Gasteiger partial charge on any atom is -0.350 e. The van der Waals surface area contributed by atoms with E-state index in [1.807, 2.05) is 0 Å². The van der Waals surface area contributed by atoms with Gasteiger partial charge in [0.2, 0.25) is 0 Å². The number of ether oxygens (including phenoxy) is 2. The van der Waals surface area contributed by atoms with Gasteiger partial charge in [-0.15, -0.1) is 0 Å². The second kappa shape index (κ2) is 5.29. The Kier molecular flexibility index (Phi) is 3.75. The molecule has 1 aliphatic rings. The molecule has 0 radical (unpaired) electrons. The average Bonchev–Trinajstić information content (AvgIpc) is 2.71. The van der Waals surface area contributed by atoms with Gasteiger partial charge in [-0.2, -0.15) is 0 Å². The van der Waals surface area contributed by atoms with Gasteiger partial charge in [-0.3, -0.25) is 0 Å². The topological polar surface area (TPSA) is 18.5 Å². The summed E-state index contributed by atoms with van der Waals surface area (Å²) in [5.74, 6) is 0. The van der Waals surface area contributed by atoms with Gasteiger partial charge in [-0.1, -0.05) is 29.8 Å². The van der Waals surface area contributed by atoms with Crippen LogP contribution in [0.4, 0.5) is 0 Å². The normalized spacial score (nSPS) is 17.1. The fourth-order valence-electron chi connectivity index (χ4n) is 1.91. The standard InChI is InChI=1S/C13H18O2/c1-11-4-2-5-12(10-11)6-3-7-13-14-8-9-15-13/h2,4-5,10,13H,3,6-9H2,1H3. The molecule has 0 aromatic heterocycles. The van der Waals surface area contributed by atoms with Crippen LogP contribution in [0, 0.1) is 6.92 Å². The molecular weight excluding hydrogens is 188 g/mol. The molecule has 0 aliphatic carbocycles. The molecule has 0 spiro atoms. The van der Waals surface area contributed by atoms with Crippen LogP contribution in [0.3, 0.4) is 0 Å². The summed E-state index contributed by atoms with van der Waals surface area (Å²) in [5, 5.41) is 0. The summed E-state index contributed by atoms with van der Waals surface area (Å²) in [6, 6.07) is 8.68. The summed E-state index contributed by atoms with van der Waals surface area (Å²) in [6.07, 6.45) is 3.31. The minimum atomic E-state index is 0.0507. The van der Waals surface area contributed by atoms with Crippen molar-refractivity contribution in [1.82, 2.24) is 0 Å². The molecule has 2 heteroatoms. The van der Waals surface area contributed by atoms with Crippen molar-refractivity contribution in [3.8, 4) is 0 Å². The van der Waals surface area contributed by atoms with E-state index >= 15 is 0 Å². The van der Waals surface area contributed by atoms with Crippen LogP contribution >= 0.6 is 0 Å². The van der Waals surface area contributed by atoms with Crippen LogP contribution in [-0.4, -0.2) is 19.5 Å². The van der Waals surface area contributed by atoms with Gasteiger partial charge < -0.3 is 9.47 Å². The Balaban J connectivity index is 1.73. The van der Waals surface area contributed by atoms with Crippen LogP contribution in [0.15, 0.2) is 24.3 Å². The maximum atomic E-state index is 5.39. The van der Waals surface area contributed by atoms with Crippen molar-refractivity contribution in [3.05, 3.63) is 35.4 Å². The number of hydrogen-bond acceptors (Lipinski definition) is 2. The Morgan fingerprint density at radius 1 is 1.27 bits per heavy atom. The van der Waals surface area contributed by atoms with Crippen molar-refractivity contribution < 1.29 is 9.47 Å². The molecule has 0 unspecified atom stereocenters. The highest BCUT2D eigenvalue weighted by Crippen LogP contribution is 2.13. The quantitative estimate of drug-likeness (QED) is 0.754. The van der Waals surface area contributed by atoms with Crippen LogP contribution < -0.4 is 0 Å². The predicted molar refractivity (Wildman–Crippen MR) is 59.8 cm³/mol. The lowest BCUT2D eigenvalue weighted by atomic mass is 10.1. The Labute approximate surface area is 91.2 Å². The van der Waals surface area contributed by atoms with Gasteiger partial charge in [0.1, 0.15) is 0 Å². The van der Waals surface area contributed by atoms with Crippen LogP contribution in [0.1, 0.15) is 24.0 Å². The molecule has 0 amide bonds. The summed E-state index contributed by atoms with van der Waals surface area (Å²) in [6.45, 7) is 3.65. The molecule has 0 N–H and O–H groups in total. The molecule has 1 fully saturated rings. The van der Waals surface area contributed by atoms with Gasteiger partial charge in [0.05, 0.1) is 13.2 Å². The van der Waals surface area contributed by atoms with Crippen LogP contribution in [0.5, 0.6) is 0 Å². The van der Waals surface area contributed by atoms with Gasteiger partial charge >= 0.3 is 0 Å². The van der Waals surface area contributed by atoms with E-state index in [1.165, 1.54) is 11.1 Å². The summed E-state index contributed by atoms with van der Waals surface area (Å²) < 4.78 is 10.8. The first-order valence-corrected chi connectivity index (χ1v) is 5.63. The van der Waals surface area contributed by atoms with Crippen LogP contribution in [-0.2, 0) is 15.9 Å². The number of hydrogen-bond donors (Lipinski definition) is 0. The second-order valence-electron chi connectivity index (χ2n) is 4.05. The third-order valence-electron chi connectivity index (χ3n) is 2.68. The third-order valence-corrected chi connectivity index (χ3v) is 2.68. The first-order valence-electron chi connectivity index (χ1n) is 5.63. The molecule has 2 nitrogen and oxygen atoms in total. The van der Waals surface area contributed by atoms with E-state index < -0.39 is 0 Å². The highest BCUT2D eigenvalue weighted by atomic mass is 16.7. The van der Waals surface area contributed by atoms with E-state index in [2.05, 4.69) is 31.2 Å². The molecule has 1 aromatic carbocycles. The summed E-state index contributed by atoms with van der Waals surface area (Å²) in [7, 11) is 0. The maximum absolute atomic E-state index is 5.39. The fourth-order valence-corrected chi connectivity index (χ4v) is 1.91. The van der Waals surface area contributed by atoms with E-state index in [-0.39, 0.29) is 6.29 Å². The molecule has 1 aliphatic heterocycles. The largest absolute Gasteiger partial charge is 0.350 e. The molecule has 1 heterocycles. The molecule has 15 heavy (non-hydrogen) atoms. The van der Waals surface area contributed by atoms with Gasteiger partial charge in [-0.05, 0) is 31.7 Å². The van der Waals surface area contributed by atoms with Gasteiger partial charge in [0.25, 0.3) is 0 Å². The average molecular weight is 206 g/mol. The Morgan fingerprint density at radius 3 is 2.80 bits per heavy atom. The summed E-state index contributed by atoms with van der Waals surface area (Å²) >= 11 is 0. The molecule has 0 saturated carbocycles. The molecule has 1 saturated heterocycles. The first kappa shape index (κ1) is 10.7.